The second-order valence-electron chi connectivity index (χ2n) is 5.97. The largest absolute Gasteiger partial charge is 0.457 e. The van der Waals surface area contributed by atoms with Crippen molar-refractivity contribution in [3.8, 4) is 11.5 Å². The molecule has 0 aliphatic heterocycles. The van der Waals surface area contributed by atoms with Crippen molar-refractivity contribution in [1.82, 2.24) is 0 Å². The Hall–Kier alpha value is -2.05. The van der Waals surface area contributed by atoms with Crippen LogP contribution >= 0.6 is 12.6 Å². The van der Waals surface area contributed by atoms with Crippen LogP contribution in [-0.4, -0.2) is 21.8 Å². The summed E-state index contributed by atoms with van der Waals surface area (Å²) < 4.78 is 18.5. The van der Waals surface area contributed by atoms with Gasteiger partial charge in [0.05, 0.1) is 0 Å². The van der Waals surface area contributed by atoms with E-state index in [1.54, 1.807) is 0 Å². The topological polar surface area (TPSA) is 27.7 Å². The van der Waals surface area contributed by atoms with Crippen LogP contribution in [0.15, 0.2) is 83.8 Å². The highest BCUT2D eigenvalue weighted by atomic mass is 32.1. The zero-order valence-electron chi connectivity index (χ0n) is 15.6. The summed E-state index contributed by atoms with van der Waals surface area (Å²) in [6.45, 7) is 5.20. The molecule has 3 nitrogen and oxygen atoms in total. The standard InChI is InChI=1S/C22H24O3SSi/c1-3-23-27(24-4-2,21-8-6-5-7-9-21)22-16-12-19(13-17-22)25-18-10-14-20(26)15-11-18/h5-17,26H,3-4H2,1-2H3. The first-order chi connectivity index (χ1) is 13.2. The minimum absolute atomic E-state index is 0.593. The predicted octanol–water partition coefficient (Wildman–Crippen LogP) is 4.40. The fourth-order valence-electron chi connectivity index (χ4n) is 3.00. The molecule has 0 aliphatic carbocycles. The van der Waals surface area contributed by atoms with Gasteiger partial charge in [-0.15, -0.1) is 12.6 Å². The average molecular weight is 397 g/mol. The maximum atomic E-state index is 6.28. The van der Waals surface area contributed by atoms with E-state index in [0.29, 0.717) is 13.2 Å². The molecule has 0 radical (unpaired) electrons. The molecule has 0 spiro atoms. The Labute approximate surface area is 167 Å². The van der Waals surface area contributed by atoms with Crippen LogP contribution in [-0.2, 0) is 8.85 Å². The highest BCUT2D eigenvalue weighted by Crippen LogP contribution is 2.22. The van der Waals surface area contributed by atoms with Crippen molar-refractivity contribution in [1.29, 1.82) is 0 Å². The van der Waals surface area contributed by atoms with E-state index in [1.807, 2.05) is 80.6 Å². The van der Waals surface area contributed by atoms with Gasteiger partial charge in [0, 0.05) is 18.1 Å². The maximum Gasteiger partial charge on any atom is 0.407 e. The van der Waals surface area contributed by atoms with Crippen LogP contribution in [0.25, 0.3) is 0 Å². The number of hydrogen-bond donors (Lipinski definition) is 1. The minimum Gasteiger partial charge on any atom is -0.457 e. The monoisotopic (exact) mass is 396 g/mol. The molecular weight excluding hydrogens is 372 g/mol. The lowest BCUT2D eigenvalue weighted by Crippen LogP contribution is -2.63. The van der Waals surface area contributed by atoms with E-state index in [0.717, 1.165) is 26.8 Å². The summed E-state index contributed by atoms with van der Waals surface area (Å²) in [5.41, 5.74) is 0. The second kappa shape index (κ2) is 9.24. The molecule has 0 fully saturated rings. The summed E-state index contributed by atoms with van der Waals surface area (Å²) in [4.78, 5) is 0.907. The van der Waals surface area contributed by atoms with Gasteiger partial charge in [-0.05, 0) is 60.6 Å². The minimum atomic E-state index is -2.74. The molecule has 3 aromatic carbocycles. The van der Waals surface area contributed by atoms with Gasteiger partial charge in [-0.2, -0.15) is 0 Å². The highest BCUT2D eigenvalue weighted by Gasteiger charge is 2.42. The van der Waals surface area contributed by atoms with E-state index in [2.05, 4.69) is 24.8 Å². The Balaban J connectivity index is 1.92. The van der Waals surface area contributed by atoms with Gasteiger partial charge in [-0.3, -0.25) is 0 Å². The fraction of sp³-hybridized carbons (Fsp3) is 0.182. The SMILES string of the molecule is CCO[Si](OCC)(c1ccccc1)c1ccc(Oc2ccc(S)cc2)cc1. The highest BCUT2D eigenvalue weighted by molar-refractivity contribution is 7.80. The zero-order chi connectivity index (χ0) is 19.1. The van der Waals surface area contributed by atoms with Gasteiger partial charge in [-0.25, -0.2) is 0 Å². The fourth-order valence-corrected chi connectivity index (χ4v) is 6.28. The number of benzene rings is 3. The first kappa shape index (κ1) is 19.7. The second-order valence-corrected chi connectivity index (χ2v) is 9.45. The predicted molar refractivity (Wildman–Crippen MR) is 115 cm³/mol. The third-order valence-electron chi connectivity index (χ3n) is 4.16. The van der Waals surface area contributed by atoms with Crippen molar-refractivity contribution in [2.45, 2.75) is 18.7 Å². The lowest BCUT2D eigenvalue weighted by atomic mass is 10.3. The molecule has 5 heteroatoms. The van der Waals surface area contributed by atoms with Crippen LogP contribution in [0, 0.1) is 0 Å². The molecule has 140 valence electrons. The van der Waals surface area contributed by atoms with E-state index >= 15 is 0 Å². The summed E-state index contributed by atoms with van der Waals surface area (Å²) in [5, 5.41) is 2.17. The quantitative estimate of drug-likeness (QED) is 0.452. The van der Waals surface area contributed by atoms with Gasteiger partial charge < -0.3 is 13.6 Å². The summed E-state index contributed by atoms with van der Waals surface area (Å²) in [6.07, 6.45) is 0. The molecule has 0 bridgehead atoms. The molecule has 0 amide bonds. The summed E-state index contributed by atoms with van der Waals surface area (Å²) >= 11 is 4.30. The van der Waals surface area contributed by atoms with Crippen molar-refractivity contribution in [2.75, 3.05) is 13.2 Å². The van der Waals surface area contributed by atoms with Gasteiger partial charge in [-0.1, -0.05) is 42.5 Å². The molecule has 0 aliphatic rings. The van der Waals surface area contributed by atoms with E-state index in [-0.39, 0.29) is 0 Å². The maximum absolute atomic E-state index is 6.28. The van der Waals surface area contributed by atoms with Crippen molar-refractivity contribution in [2.24, 2.45) is 0 Å². The molecule has 0 saturated heterocycles. The molecule has 0 aromatic heterocycles. The van der Waals surface area contributed by atoms with Gasteiger partial charge >= 0.3 is 8.56 Å². The van der Waals surface area contributed by atoms with Crippen LogP contribution in [0.4, 0.5) is 0 Å². The van der Waals surface area contributed by atoms with Crippen molar-refractivity contribution < 1.29 is 13.6 Å². The molecule has 0 N–H and O–H groups in total. The van der Waals surface area contributed by atoms with Gasteiger partial charge in [0.2, 0.25) is 0 Å². The molecular formula is C22H24O3SSi. The van der Waals surface area contributed by atoms with Crippen LogP contribution in [0.5, 0.6) is 11.5 Å². The Morgan fingerprint density at radius 2 is 1.15 bits per heavy atom. The molecule has 3 aromatic rings. The van der Waals surface area contributed by atoms with Gasteiger partial charge in [0.25, 0.3) is 0 Å². The average Bonchev–Trinajstić information content (AvgIpc) is 2.71. The Bertz CT molecular complexity index is 830. The van der Waals surface area contributed by atoms with E-state index in [1.165, 1.54) is 0 Å². The van der Waals surface area contributed by atoms with Gasteiger partial charge in [0.15, 0.2) is 0 Å². The lowest BCUT2D eigenvalue weighted by molar-refractivity contribution is 0.208. The third kappa shape index (κ3) is 4.62. The van der Waals surface area contributed by atoms with E-state index in [4.69, 9.17) is 13.6 Å². The summed E-state index contributed by atoms with van der Waals surface area (Å²) in [7, 11) is -2.74. The van der Waals surface area contributed by atoms with E-state index < -0.39 is 8.56 Å². The molecule has 27 heavy (non-hydrogen) atoms. The number of ether oxygens (including phenoxy) is 1. The number of thiol groups is 1. The summed E-state index contributed by atoms with van der Waals surface area (Å²) in [6, 6.07) is 25.9. The summed E-state index contributed by atoms with van der Waals surface area (Å²) in [5.74, 6) is 1.55. The normalized spacial score (nSPS) is 11.4. The van der Waals surface area contributed by atoms with Crippen LogP contribution in [0.1, 0.15) is 13.8 Å². The van der Waals surface area contributed by atoms with Crippen molar-refractivity contribution in [3.05, 3.63) is 78.9 Å². The Kier molecular flexibility index (Phi) is 6.74. The zero-order valence-corrected chi connectivity index (χ0v) is 17.5. The van der Waals surface area contributed by atoms with Gasteiger partial charge in [0.1, 0.15) is 11.5 Å². The van der Waals surface area contributed by atoms with Crippen LogP contribution in [0.2, 0.25) is 0 Å². The lowest BCUT2D eigenvalue weighted by Gasteiger charge is -2.30. The molecule has 0 heterocycles. The number of rotatable bonds is 8. The first-order valence-corrected chi connectivity index (χ1v) is 11.3. The number of hydrogen-bond acceptors (Lipinski definition) is 4. The smallest absolute Gasteiger partial charge is 0.407 e. The molecule has 3 rings (SSSR count). The molecule has 0 unspecified atom stereocenters. The molecule has 0 saturated carbocycles. The van der Waals surface area contributed by atoms with Crippen LogP contribution in [0.3, 0.4) is 0 Å². The van der Waals surface area contributed by atoms with Crippen molar-refractivity contribution in [3.63, 3.8) is 0 Å². The molecule has 0 atom stereocenters. The Morgan fingerprint density at radius 3 is 1.67 bits per heavy atom. The first-order valence-electron chi connectivity index (χ1n) is 9.09. The van der Waals surface area contributed by atoms with Crippen LogP contribution < -0.4 is 15.1 Å². The van der Waals surface area contributed by atoms with E-state index in [9.17, 15) is 0 Å². The third-order valence-corrected chi connectivity index (χ3v) is 8.03. The van der Waals surface area contributed by atoms with Crippen molar-refractivity contribution >= 4 is 31.6 Å². The Morgan fingerprint density at radius 1 is 0.667 bits per heavy atom.